The Morgan fingerprint density at radius 2 is 2.00 bits per heavy atom. The smallest absolute Gasteiger partial charge is 0.315 e. The fourth-order valence-corrected chi connectivity index (χ4v) is 2.89. The monoisotopic (exact) mass is 325 g/mol. The molecule has 0 spiro atoms. The number of carbonyl (C=O) groups excluding carboxylic acids is 1. The van der Waals surface area contributed by atoms with Gasteiger partial charge in [-0.15, -0.1) is 0 Å². The average Bonchev–Trinajstić information content (AvgIpc) is 3.22. The molecule has 122 valence electrons. The molecule has 0 radical (unpaired) electrons. The Labute approximate surface area is 131 Å². The summed E-state index contributed by atoms with van der Waals surface area (Å²) < 4.78 is 25.2. The van der Waals surface area contributed by atoms with Crippen molar-refractivity contribution in [2.75, 3.05) is 19.3 Å². The molecule has 0 bridgehead atoms. The van der Waals surface area contributed by atoms with Crippen LogP contribution >= 0.6 is 0 Å². The molecule has 2 rings (SSSR count). The number of benzene rings is 1. The van der Waals surface area contributed by atoms with E-state index in [-0.39, 0.29) is 25.2 Å². The molecule has 0 atom stereocenters. The Balaban J connectivity index is 1.89. The van der Waals surface area contributed by atoms with Crippen LogP contribution in [0.2, 0.25) is 0 Å². The van der Waals surface area contributed by atoms with Gasteiger partial charge in [0, 0.05) is 25.7 Å². The van der Waals surface area contributed by atoms with E-state index in [0.717, 1.165) is 24.0 Å². The van der Waals surface area contributed by atoms with Gasteiger partial charge in [-0.1, -0.05) is 24.3 Å². The molecule has 1 fully saturated rings. The van der Waals surface area contributed by atoms with Gasteiger partial charge in [-0.05, 0) is 30.9 Å². The second-order valence-corrected chi connectivity index (χ2v) is 7.68. The van der Waals surface area contributed by atoms with Crippen LogP contribution in [0.3, 0.4) is 0 Å². The standard InChI is InChI=1S/C15H23N3O3S/c1-12-5-3-4-6-13(12)11-18(22(2,20)21)10-9-16-15(19)17-14-7-8-14/h3-6,14H,7-11H2,1-2H3,(H2,16,17,19). The maximum Gasteiger partial charge on any atom is 0.315 e. The van der Waals surface area contributed by atoms with Crippen LogP contribution in [0.4, 0.5) is 4.79 Å². The molecule has 0 heterocycles. The fraction of sp³-hybridized carbons (Fsp3) is 0.533. The first kappa shape index (κ1) is 16.8. The Bertz CT molecular complexity index is 627. The molecule has 2 amide bonds. The third-order valence-corrected chi connectivity index (χ3v) is 4.89. The van der Waals surface area contributed by atoms with Crippen LogP contribution < -0.4 is 10.6 Å². The lowest BCUT2D eigenvalue weighted by Gasteiger charge is -2.21. The molecule has 1 saturated carbocycles. The Morgan fingerprint density at radius 1 is 1.32 bits per heavy atom. The van der Waals surface area contributed by atoms with E-state index in [1.807, 2.05) is 31.2 Å². The van der Waals surface area contributed by atoms with Crippen LogP contribution in [-0.4, -0.2) is 44.1 Å². The van der Waals surface area contributed by atoms with Crippen LogP contribution in [0.25, 0.3) is 0 Å². The van der Waals surface area contributed by atoms with Crippen LogP contribution in [0, 0.1) is 6.92 Å². The van der Waals surface area contributed by atoms with Crippen molar-refractivity contribution in [3.8, 4) is 0 Å². The summed E-state index contributed by atoms with van der Waals surface area (Å²) >= 11 is 0. The molecular weight excluding hydrogens is 302 g/mol. The first-order chi connectivity index (χ1) is 10.4. The number of rotatable bonds is 7. The predicted octanol–water partition coefficient (Wildman–Crippen LogP) is 1.22. The average molecular weight is 325 g/mol. The van der Waals surface area contributed by atoms with Crippen molar-refractivity contribution in [1.29, 1.82) is 0 Å². The molecule has 0 saturated heterocycles. The Morgan fingerprint density at radius 3 is 2.59 bits per heavy atom. The van der Waals surface area contributed by atoms with E-state index < -0.39 is 10.0 Å². The van der Waals surface area contributed by atoms with Crippen molar-refractivity contribution in [2.24, 2.45) is 0 Å². The highest BCUT2D eigenvalue weighted by molar-refractivity contribution is 7.88. The Kier molecular flexibility index (Phi) is 5.42. The topological polar surface area (TPSA) is 78.5 Å². The summed E-state index contributed by atoms with van der Waals surface area (Å²) in [7, 11) is -3.33. The quantitative estimate of drug-likeness (QED) is 0.791. The number of carbonyl (C=O) groups is 1. The van der Waals surface area contributed by atoms with Gasteiger partial charge in [0.25, 0.3) is 0 Å². The summed E-state index contributed by atoms with van der Waals surface area (Å²) in [6.45, 7) is 2.82. The first-order valence-electron chi connectivity index (χ1n) is 7.40. The number of nitrogens with one attached hydrogen (secondary N) is 2. The predicted molar refractivity (Wildman–Crippen MR) is 86.0 cm³/mol. The zero-order valence-electron chi connectivity index (χ0n) is 13.0. The van der Waals surface area contributed by atoms with Gasteiger partial charge in [-0.25, -0.2) is 13.2 Å². The summed E-state index contributed by atoms with van der Waals surface area (Å²) in [6, 6.07) is 7.75. The lowest BCUT2D eigenvalue weighted by Crippen LogP contribution is -2.42. The summed E-state index contributed by atoms with van der Waals surface area (Å²) in [6.07, 6.45) is 3.24. The highest BCUT2D eigenvalue weighted by Gasteiger charge is 2.23. The van der Waals surface area contributed by atoms with Crippen LogP contribution in [0.1, 0.15) is 24.0 Å². The van der Waals surface area contributed by atoms with Crippen molar-refractivity contribution >= 4 is 16.1 Å². The van der Waals surface area contributed by atoms with Gasteiger partial charge in [0.05, 0.1) is 6.26 Å². The van der Waals surface area contributed by atoms with Crippen molar-refractivity contribution < 1.29 is 13.2 Å². The molecule has 7 heteroatoms. The van der Waals surface area contributed by atoms with E-state index in [9.17, 15) is 13.2 Å². The van der Waals surface area contributed by atoms with E-state index in [0.29, 0.717) is 6.54 Å². The highest BCUT2D eigenvalue weighted by Crippen LogP contribution is 2.18. The van der Waals surface area contributed by atoms with Crippen molar-refractivity contribution in [3.63, 3.8) is 0 Å². The van der Waals surface area contributed by atoms with Crippen molar-refractivity contribution in [2.45, 2.75) is 32.4 Å². The number of hydrogen-bond acceptors (Lipinski definition) is 3. The van der Waals surface area contributed by atoms with E-state index in [1.54, 1.807) is 0 Å². The number of hydrogen-bond donors (Lipinski definition) is 2. The minimum absolute atomic E-state index is 0.230. The second-order valence-electron chi connectivity index (χ2n) is 5.70. The molecular formula is C15H23N3O3S. The van der Waals surface area contributed by atoms with Gasteiger partial charge >= 0.3 is 6.03 Å². The molecule has 2 N–H and O–H groups in total. The highest BCUT2D eigenvalue weighted by atomic mass is 32.2. The number of amides is 2. The number of sulfonamides is 1. The fourth-order valence-electron chi connectivity index (χ4n) is 2.10. The normalized spacial score (nSPS) is 14.9. The SMILES string of the molecule is Cc1ccccc1CN(CCNC(=O)NC1CC1)S(C)(=O)=O. The minimum Gasteiger partial charge on any atom is -0.337 e. The lowest BCUT2D eigenvalue weighted by atomic mass is 10.1. The zero-order valence-corrected chi connectivity index (χ0v) is 13.8. The molecule has 1 aromatic rings. The minimum atomic E-state index is -3.33. The van der Waals surface area contributed by atoms with Gasteiger partial charge in [-0.3, -0.25) is 0 Å². The molecule has 0 aliphatic heterocycles. The van der Waals surface area contributed by atoms with Crippen molar-refractivity contribution in [1.82, 2.24) is 14.9 Å². The maximum absolute atomic E-state index is 11.9. The summed E-state index contributed by atoms with van der Waals surface area (Å²) in [5.74, 6) is 0. The Hall–Kier alpha value is -1.60. The summed E-state index contributed by atoms with van der Waals surface area (Å²) in [4.78, 5) is 11.5. The summed E-state index contributed by atoms with van der Waals surface area (Å²) in [5.41, 5.74) is 2.02. The van der Waals surface area contributed by atoms with Gasteiger partial charge in [-0.2, -0.15) is 4.31 Å². The van der Waals surface area contributed by atoms with Gasteiger partial charge < -0.3 is 10.6 Å². The maximum atomic E-state index is 11.9. The first-order valence-corrected chi connectivity index (χ1v) is 9.25. The third-order valence-electron chi connectivity index (χ3n) is 3.64. The molecule has 6 nitrogen and oxygen atoms in total. The second kappa shape index (κ2) is 7.11. The number of urea groups is 1. The molecule has 1 aromatic carbocycles. The molecule has 1 aliphatic carbocycles. The van der Waals surface area contributed by atoms with Gasteiger partial charge in [0.1, 0.15) is 0 Å². The van der Waals surface area contributed by atoms with E-state index in [4.69, 9.17) is 0 Å². The third kappa shape index (κ3) is 5.31. The van der Waals surface area contributed by atoms with E-state index >= 15 is 0 Å². The number of aryl methyl sites for hydroxylation is 1. The molecule has 22 heavy (non-hydrogen) atoms. The van der Waals surface area contributed by atoms with Crippen LogP contribution in [-0.2, 0) is 16.6 Å². The van der Waals surface area contributed by atoms with Gasteiger partial charge in [0.2, 0.25) is 10.0 Å². The zero-order chi connectivity index (χ0) is 16.2. The van der Waals surface area contributed by atoms with Crippen molar-refractivity contribution in [3.05, 3.63) is 35.4 Å². The largest absolute Gasteiger partial charge is 0.337 e. The molecule has 1 aliphatic rings. The number of nitrogens with zero attached hydrogens (tertiary/aromatic N) is 1. The van der Waals surface area contributed by atoms with Gasteiger partial charge in [0.15, 0.2) is 0 Å². The van der Waals surface area contributed by atoms with Crippen LogP contribution in [0.5, 0.6) is 0 Å². The lowest BCUT2D eigenvalue weighted by molar-refractivity contribution is 0.239. The van der Waals surface area contributed by atoms with E-state index in [2.05, 4.69) is 10.6 Å². The summed E-state index contributed by atoms with van der Waals surface area (Å²) in [5, 5.41) is 5.51. The molecule has 0 aromatic heterocycles. The van der Waals surface area contributed by atoms with Crippen LogP contribution in [0.15, 0.2) is 24.3 Å². The molecule has 0 unspecified atom stereocenters. The van der Waals surface area contributed by atoms with E-state index in [1.165, 1.54) is 10.6 Å².